The van der Waals surface area contributed by atoms with Crippen LogP contribution in [0.5, 0.6) is 5.75 Å². The standard InChI is InChI=1S/C13H16O4/c1-16-12-5-4-10(13(14)15)6-11(12)8-17-7-9-2-3-9/h4-6,9H,2-3,7-8H2,1H3,(H,14,15). The van der Waals surface area contributed by atoms with E-state index in [1.807, 2.05) is 0 Å². The van der Waals surface area contributed by atoms with Gasteiger partial charge in [-0.25, -0.2) is 4.79 Å². The molecule has 92 valence electrons. The molecular weight excluding hydrogens is 220 g/mol. The van der Waals surface area contributed by atoms with Gasteiger partial charge >= 0.3 is 5.97 Å². The molecule has 1 aliphatic carbocycles. The van der Waals surface area contributed by atoms with Crippen molar-refractivity contribution in [3.63, 3.8) is 0 Å². The fraction of sp³-hybridized carbons (Fsp3) is 0.462. The highest BCUT2D eigenvalue weighted by atomic mass is 16.5. The number of hydrogen-bond acceptors (Lipinski definition) is 3. The van der Waals surface area contributed by atoms with Crippen molar-refractivity contribution < 1.29 is 19.4 Å². The third-order valence-electron chi connectivity index (χ3n) is 2.84. The van der Waals surface area contributed by atoms with Crippen LogP contribution in [0.4, 0.5) is 0 Å². The number of hydrogen-bond donors (Lipinski definition) is 1. The maximum Gasteiger partial charge on any atom is 0.335 e. The fourth-order valence-electron chi connectivity index (χ4n) is 1.64. The smallest absolute Gasteiger partial charge is 0.335 e. The first kappa shape index (κ1) is 11.9. The van der Waals surface area contributed by atoms with Crippen molar-refractivity contribution in [2.24, 2.45) is 5.92 Å². The molecular formula is C13H16O4. The largest absolute Gasteiger partial charge is 0.496 e. The Balaban J connectivity index is 2.04. The van der Waals surface area contributed by atoms with Crippen LogP contribution in [0.1, 0.15) is 28.8 Å². The van der Waals surface area contributed by atoms with E-state index in [0.29, 0.717) is 18.3 Å². The average molecular weight is 236 g/mol. The van der Waals surface area contributed by atoms with E-state index < -0.39 is 5.97 Å². The van der Waals surface area contributed by atoms with Crippen LogP contribution in [0.2, 0.25) is 0 Å². The van der Waals surface area contributed by atoms with Crippen LogP contribution in [0.15, 0.2) is 18.2 Å². The van der Waals surface area contributed by atoms with Gasteiger partial charge in [0.15, 0.2) is 0 Å². The predicted octanol–water partition coefficient (Wildman–Crippen LogP) is 2.32. The lowest BCUT2D eigenvalue weighted by molar-refractivity contribution is 0.0696. The Morgan fingerprint density at radius 3 is 2.82 bits per heavy atom. The van der Waals surface area contributed by atoms with Crippen molar-refractivity contribution in [1.29, 1.82) is 0 Å². The summed E-state index contributed by atoms with van der Waals surface area (Å²) < 4.78 is 10.7. The molecule has 17 heavy (non-hydrogen) atoms. The molecule has 0 spiro atoms. The lowest BCUT2D eigenvalue weighted by Crippen LogP contribution is -2.03. The Kier molecular flexibility index (Phi) is 3.64. The molecule has 0 radical (unpaired) electrons. The second-order valence-electron chi connectivity index (χ2n) is 4.29. The molecule has 0 aliphatic heterocycles. The van der Waals surface area contributed by atoms with Crippen LogP contribution in [0.3, 0.4) is 0 Å². The highest BCUT2D eigenvalue weighted by Gasteiger charge is 2.21. The Labute approximate surface area is 100 Å². The number of carboxylic acids is 1. The summed E-state index contributed by atoms with van der Waals surface area (Å²) in [5, 5.41) is 8.91. The number of rotatable bonds is 6. The predicted molar refractivity (Wildman–Crippen MR) is 62.3 cm³/mol. The summed E-state index contributed by atoms with van der Waals surface area (Å²) >= 11 is 0. The van der Waals surface area contributed by atoms with Gasteiger partial charge in [0.05, 0.1) is 19.3 Å². The molecule has 0 heterocycles. The second kappa shape index (κ2) is 5.19. The minimum Gasteiger partial charge on any atom is -0.496 e. The summed E-state index contributed by atoms with van der Waals surface area (Å²) in [6.07, 6.45) is 2.48. The normalized spacial score (nSPS) is 14.6. The van der Waals surface area contributed by atoms with Crippen LogP contribution in [0.25, 0.3) is 0 Å². The van der Waals surface area contributed by atoms with Crippen LogP contribution >= 0.6 is 0 Å². The highest BCUT2D eigenvalue weighted by Crippen LogP contribution is 2.29. The first-order valence-electron chi connectivity index (χ1n) is 5.68. The van der Waals surface area contributed by atoms with Crippen molar-refractivity contribution in [2.75, 3.05) is 13.7 Å². The Morgan fingerprint density at radius 2 is 2.24 bits per heavy atom. The summed E-state index contributed by atoms with van der Waals surface area (Å²) in [7, 11) is 1.57. The van der Waals surface area contributed by atoms with Gasteiger partial charge in [0, 0.05) is 12.2 Å². The summed E-state index contributed by atoms with van der Waals surface area (Å²) in [6.45, 7) is 1.15. The van der Waals surface area contributed by atoms with E-state index in [1.54, 1.807) is 19.2 Å². The van der Waals surface area contributed by atoms with Crippen molar-refractivity contribution >= 4 is 5.97 Å². The zero-order valence-electron chi connectivity index (χ0n) is 9.81. The van der Waals surface area contributed by atoms with E-state index in [9.17, 15) is 4.79 Å². The molecule has 1 fully saturated rings. The molecule has 1 aliphatic rings. The fourth-order valence-corrected chi connectivity index (χ4v) is 1.64. The van der Waals surface area contributed by atoms with Gasteiger partial charge in [-0.1, -0.05) is 0 Å². The quantitative estimate of drug-likeness (QED) is 0.823. The van der Waals surface area contributed by atoms with Gasteiger partial charge in [-0.2, -0.15) is 0 Å². The van der Waals surface area contributed by atoms with Gasteiger partial charge < -0.3 is 14.6 Å². The van der Waals surface area contributed by atoms with Crippen LogP contribution in [-0.4, -0.2) is 24.8 Å². The van der Waals surface area contributed by atoms with E-state index in [4.69, 9.17) is 14.6 Å². The number of benzene rings is 1. The third-order valence-corrected chi connectivity index (χ3v) is 2.84. The van der Waals surface area contributed by atoms with Gasteiger partial charge in [-0.3, -0.25) is 0 Å². The zero-order valence-corrected chi connectivity index (χ0v) is 9.81. The second-order valence-corrected chi connectivity index (χ2v) is 4.29. The molecule has 1 aromatic rings. The van der Waals surface area contributed by atoms with Gasteiger partial charge in [0.1, 0.15) is 5.75 Å². The molecule has 2 rings (SSSR count). The van der Waals surface area contributed by atoms with Crippen LogP contribution < -0.4 is 4.74 Å². The van der Waals surface area contributed by atoms with E-state index in [2.05, 4.69) is 0 Å². The topological polar surface area (TPSA) is 55.8 Å². The monoisotopic (exact) mass is 236 g/mol. The molecule has 0 atom stereocenters. The number of methoxy groups -OCH3 is 1. The molecule has 1 saturated carbocycles. The summed E-state index contributed by atoms with van der Waals surface area (Å²) in [4.78, 5) is 10.9. The van der Waals surface area contributed by atoms with E-state index in [1.165, 1.54) is 18.9 Å². The Hall–Kier alpha value is -1.55. The Bertz CT molecular complexity index is 410. The minimum absolute atomic E-state index is 0.260. The summed E-state index contributed by atoms with van der Waals surface area (Å²) in [5.41, 5.74) is 1.05. The maximum absolute atomic E-state index is 10.9. The van der Waals surface area contributed by atoms with Crippen molar-refractivity contribution in [1.82, 2.24) is 0 Å². The molecule has 1 N–H and O–H groups in total. The van der Waals surface area contributed by atoms with Gasteiger partial charge in [-0.15, -0.1) is 0 Å². The van der Waals surface area contributed by atoms with E-state index in [-0.39, 0.29) is 5.56 Å². The number of carboxylic acid groups (broad SMARTS) is 1. The molecule has 1 aromatic carbocycles. The average Bonchev–Trinajstić information content (AvgIpc) is 3.13. The molecule has 0 bridgehead atoms. The third kappa shape index (κ3) is 3.20. The van der Waals surface area contributed by atoms with Crippen molar-refractivity contribution in [3.05, 3.63) is 29.3 Å². The van der Waals surface area contributed by atoms with Crippen molar-refractivity contribution in [3.8, 4) is 5.75 Å². The number of carbonyl (C=O) groups is 1. The van der Waals surface area contributed by atoms with Gasteiger partial charge in [-0.05, 0) is 37.0 Å². The maximum atomic E-state index is 10.9. The molecule has 4 heteroatoms. The molecule has 4 nitrogen and oxygen atoms in total. The molecule has 0 saturated heterocycles. The molecule has 0 unspecified atom stereocenters. The highest BCUT2D eigenvalue weighted by molar-refractivity contribution is 5.88. The first-order chi connectivity index (χ1) is 8.20. The zero-order chi connectivity index (χ0) is 12.3. The molecule has 0 amide bonds. The van der Waals surface area contributed by atoms with Gasteiger partial charge in [0.25, 0.3) is 0 Å². The van der Waals surface area contributed by atoms with E-state index >= 15 is 0 Å². The summed E-state index contributed by atoms with van der Waals surface area (Å²) in [5.74, 6) is 0.436. The van der Waals surface area contributed by atoms with Crippen LogP contribution in [-0.2, 0) is 11.3 Å². The van der Waals surface area contributed by atoms with Crippen molar-refractivity contribution in [2.45, 2.75) is 19.4 Å². The first-order valence-corrected chi connectivity index (χ1v) is 5.68. The lowest BCUT2D eigenvalue weighted by Gasteiger charge is -2.09. The number of aromatic carboxylic acids is 1. The lowest BCUT2D eigenvalue weighted by atomic mass is 10.1. The summed E-state index contributed by atoms with van der Waals surface area (Å²) in [6, 6.07) is 4.80. The van der Waals surface area contributed by atoms with E-state index in [0.717, 1.165) is 12.2 Å². The van der Waals surface area contributed by atoms with Gasteiger partial charge in [0.2, 0.25) is 0 Å². The van der Waals surface area contributed by atoms with Crippen LogP contribution in [0, 0.1) is 5.92 Å². The minimum atomic E-state index is -0.934. The number of ether oxygens (including phenoxy) is 2. The SMILES string of the molecule is COc1ccc(C(=O)O)cc1COCC1CC1. The molecule has 0 aromatic heterocycles. The Morgan fingerprint density at radius 1 is 1.47 bits per heavy atom.